The van der Waals surface area contributed by atoms with Crippen molar-refractivity contribution in [3.8, 4) is 5.75 Å². The number of anilines is 1. The van der Waals surface area contributed by atoms with Gasteiger partial charge in [0.1, 0.15) is 11.4 Å². The van der Waals surface area contributed by atoms with E-state index in [0.29, 0.717) is 5.69 Å². The molecule has 9 heteroatoms. The first kappa shape index (κ1) is 21.1. The SMILES string of the molecule is CC(C)(C)OC(=O)Nc1cccc(Sc2ccc(OS(=O)(=O)CO)cc2)c1. The Morgan fingerprint density at radius 3 is 2.37 bits per heavy atom. The number of benzene rings is 2. The Balaban J connectivity index is 2.02. The molecule has 0 unspecified atom stereocenters. The second-order valence-electron chi connectivity index (χ2n) is 6.50. The van der Waals surface area contributed by atoms with E-state index in [-0.39, 0.29) is 5.75 Å². The Morgan fingerprint density at radius 1 is 1.11 bits per heavy atom. The lowest BCUT2D eigenvalue weighted by molar-refractivity contribution is 0.0636. The molecule has 0 aliphatic rings. The molecule has 0 atom stereocenters. The molecule has 146 valence electrons. The average molecular weight is 412 g/mol. The van der Waals surface area contributed by atoms with Crippen molar-refractivity contribution in [2.45, 2.75) is 36.2 Å². The van der Waals surface area contributed by atoms with Crippen LogP contribution in [0, 0.1) is 0 Å². The molecule has 0 aromatic heterocycles. The summed E-state index contributed by atoms with van der Waals surface area (Å²) in [6.07, 6.45) is -0.531. The lowest BCUT2D eigenvalue weighted by atomic mass is 10.2. The van der Waals surface area contributed by atoms with Crippen LogP contribution in [0.25, 0.3) is 0 Å². The number of ether oxygens (including phenoxy) is 1. The van der Waals surface area contributed by atoms with Crippen molar-refractivity contribution in [3.63, 3.8) is 0 Å². The zero-order valence-electron chi connectivity index (χ0n) is 15.1. The molecule has 0 spiro atoms. The molecule has 0 saturated heterocycles. The van der Waals surface area contributed by atoms with Crippen molar-refractivity contribution in [3.05, 3.63) is 48.5 Å². The van der Waals surface area contributed by atoms with Crippen LogP contribution in [-0.2, 0) is 14.9 Å². The highest BCUT2D eigenvalue weighted by Gasteiger charge is 2.16. The van der Waals surface area contributed by atoms with Gasteiger partial charge in [0.05, 0.1) is 0 Å². The molecule has 0 bridgehead atoms. The molecule has 0 aliphatic heterocycles. The first-order valence-electron chi connectivity index (χ1n) is 7.97. The summed E-state index contributed by atoms with van der Waals surface area (Å²) in [5, 5.41) is 11.4. The summed E-state index contributed by atoms with van der Waals surface area (Å²) >= 11 is 1.43. The average Bonchev–Trinajstić information content (AvgIpc) is 2.55. The van der Waals surface area contributed by atoms with E-state index in [4.69, 9.17) is 14.0 Å². The Kier molecular flexibility index (Phi) is 6.74. The molecule has 2 aromatic rings. The fourth-order valence-electron chi connectivity index (χ4n) is 1.93. The molecule has 0 aliphatic carbocycles. The number of nitrogens with one attached hydrogen (secondary N) is 1. The van der Waals surface area contributed by atoms with Gasteiger partial charge in [0.2, 0.25) is 0 Å². The van der Waals surface area contributed by atoms with Gasteiger partial charge in [-0.3, -0.25) is 5.32 Å². The maximum Gasteiger partial charge on any atom is 0.412 e. The highest BCUT2D eigenvalue weighted by Crippen LogP contribution is 2.31. The zero-order chi connectivity index (χ0) is 20.1. The Hall–Kier alpha value is -2.23. The van der Waals surface area contributed by atoms with Crippen molar-refractivity contribution in [1.82, 2.24) is 0 Å². The van der Waals surface area contributed by atoms with Crippen LogP contribution in [0.15, 0.2) is 58.3 Å². The summed E-state index contributed by atoms with van der Waals surface area (Å²) < 4.78 is 32.4. The molecule has 2 N–H and O–H groups in total. The maximum atomic E-state index is 11.9. The molecule has 7 nitrogen and oxygen atoms in total. The molecular weight excluding hydrogens is 390 g/mol. The van der Waals surface area contributed by atoms with E-state index < -0.39 is 27.8 Å². The molecular formula is C18H21NO6S2. The summed E-state index contributed by atoms with van der Waals surface area (Å²) in [5.41, 5.74) is 0.0206. The van der Waals surface area contributed by atoms with E-state index in [1.807, 2.05) is 6.07 Å². The van der Waals surface area contributed by atoms with Crippen LogP contribution in [-0.4, -0.2) is 31.2 Å². The third-order valence-corrected chi connectivity index (χ3v) is 4.68. The summed E-state index contributed by atoms with van der Waals surface area (Å²) in [5.74, 6) is -0.963. The van der Waals surface area contributed by atoms with Gasteiger partial charge < -0.3 is 14.0 Å². The van der Waals surface area contributed by atoms with Crippen molar-refractivity contribution >= 4 is 33.7 Å². The van der Waals surface area contributed by atoms with Crippen LogP contribution in [0.1, 0.15) is 20.8 Å². The van der Waals surface area contributed by atoms with Crippen molar-refractivity contribution in [2.75, 3.05) is 11.3 Å². The smallest absolute Gasteiger partial charge is 0.412 e. The number of carbonyl (C=O) groups is 1. The van der Waals surface area contributed by atoms with Crippen LogP contribution >= 0.6 is 11.8 Å². The van der Waals surface area contributed by atoms with Crippen LogP contribution in [0.4, 0.5) is 10.5 Å². The Morgan fingerprint density at radius 2 is 1.78 bits per heavy atom. The largest absolute Gasteiger partial charge is 0.444 e. The summed E-state index contributed by atoms with van der Waals surface area (Å²) in [6.45, 7) is 5.37. The van der Waals surface area contributed by atoms with Crippen molar-refractivity contribution in [2.24, 2.45) is 0 Å². The van der Waals surface area contributed by atoms with Gasteiger partial charge in [-0.25, -0.2) is 4.79 Å². The minimum Gasteiger partial charge on any atom is -0.444 e. The maximum absolute atomic E-state index is 11.9. The predicted molar refractivity (Wildman–Crippen MR) is 103 cm³/mol. The van der Waals surface area contributed by atoms with Crippen LogP contribution in [0.3, 0.4) is 0 Å². The van der Waals surface area contributed by atoms with Gasteiger partial charge in [0.25, 0.3) is 0 Å². The number of aliphatic hydroxyl groups is 1. The second kappa shape index (κ2) is 8.64. The third-order valence-electron chi connectivity index (χ3n) is 2.92. The molecule has 2 rings (SSSR count). The number of rotatable bonds is 6. The third kappa shape index (κ3) is 7.49. The van der Waals surface area contributed by atoms with E-state index in [0.717, 1.165) is 9.79 Å². The first-order valence-corrected chi connectivity index (χ1v) is 10.4. The van der Waals surface area contributed by atoms with Crippen molar-refractivity contribution < 1.29 is 27.2 Å². The molecule has 27 heavy (non-hydrogen) atoms. The quantitative estimate of drug-likeness (QED) is 0.696. The van der Waals surface area contributed by atoms with E-state index in [1.165, 1.54) is 23.9 Å². The van der Waals surface area contributed by atoms with Crippen LogP contribution in [0.2, 0.25) is 0 Å². The lowest BCUT2D eigenvalue weighted by Gasteiger charge is -2.19. The van der Waals surface area contributed by atoms with E-state index in [2.05, 4.69) is 5.32 Å². The Labute approximate surface area is 162 Å². The summed E-state index contributed by atoms with van der Waals surface area (Å²) in [4.78, 5) is 13.6. The molecule has 1 amide bonds. The minimum atomic E-state index is -3.98. The van der Waals surface area contributed by atoms with Crippen LogP contribution in [0.5, 0.6) is 5.75 Å². The highest BCUT2D eigenvalue weighted by molar-refractivity contribution is 7.99. The van der Waals surface area contributed by atoms with Gasteiger partial charge in [-0.1, -0.05) is 17.8 Å². The first-order chi connectivity index (χ1) is 12.6. The predicted octanol–water partition coefficient (Wildman–Crippen LogP) is 3.84. The van der Waals surface area contributed by atoms with Gasteiger partial charge in [-0.2, -0.15) is 8.42 Å². The molecule has 0 heterocycles. The highest BCUT2D eigenvalue weighted by atomic mass is 32.2. The topological polar surface area (TPSA) is 102 Å². The van der Waals surface area contributed by atoms with Gasteiger partial charge >= 0.3 is 16.2 Å². The van der Waals surface area contributed by atoms with E-state index >= 15 is 0 Å². The van der Waals surface area contributed by atoms with E-state index in [1.54, 1.807) is 51.1 Å². The van der Waals surface area contributed by atoms with Gasteiger partial charge in [0.15, 0.2) is 5.94 Å². The van der Waals surface area contributed by atoms with Gasteiger partial charge in [-0.15, -0.1) is 0 Å². The van der Waals surface area contributed by atoms with Gasteiger partial charge in [0, 0.05) is 15.5 Å². The standard InChI is InChI=1S/C18H21NO6S2/c1-18(2,3)24-17(21)19-13-5-4-6-16(11-13)26-15-9-7-14(8-10-15)25-27(22,23)12-20/h4-11,20H,12H2,1-3H3,(H,19,21). The Bertz CT molecular complexity index is 889. The molecule has 2 aromatic carbocycles. The lowest BCUT2D eigenvalue weighted by Crippen LogP contribution is -2.27. The van der Waals surface area contributed by atoms with Crippen LogP contribution < -0.4 is 9.50 Å². The fraction of sp³-hybridized carbons (Fsp3) is 0.278. The monoisotopic (exact) mass is 411 g/mol. The van der Waals surface area contributed by atoms with E-state index in [9.17, 15) is 13.2 Å². The number of carbonyl (C=O) groups excluding carboxylic acids is 1. The second-order valence-corrected chi connectivity index (χ2v) is 9.19. The minimum absolute atomic E-state index is 0.119. The van der Waals surface area contributed by atoms with Crippen molar-refractivity contribution in [1.29, 1.82) is 0 Å². The molecule has 0 fully saturated rings. The number of hydrogen-bond acceptors (Lipinski definition) is 7. The fourth-order valence-corrected chi connectivity index (χ4v) is 3.26. The molecule has 0 saturated carbocycles. The van der Waals surface area contributed by atoms with Gasteiger partial charge in [-0.05, 0) is 63.2 Å². The zero-order valence-corrected chi connectivity index (χ0v) is 16.8. The summed E-state index contributed by atoms with van der Waals surface area (Å²) in [7, 11) is -3.98. The number of amides is 1. The molecule has 0 radical (unpaired) electrons. The number of hydrogen-bond donors (Lipinski definition) is 2. The number of aliphatic hydroxyl groups excluding tert-OH is 1. The summed E-state index contributed by atoms with van der Waals surface area (Å²) in [6, 6.07) is 13.6. The normalized spacial score (nSPS) is 11.7.